The van der Waals surface area contributed by atoms with Gasteiger partial charge in [0.05, 0.1) is 6.10 Å². The van der Waals surface area contributed by atoms with Crippen molar-refractivity contribution in [1.82, 2.24) is 0 Å². The SMILES string of the molecule is Clc1ccc(Oc2ccc3c(c2)[C@H]2OCCC[C@H]2C(C2CCCCC2)N3)cc1. The summed E-state index contributed by atoms with van der Waals surface area (Å²) in [6.07, 6.45) is 9.47. The van der Waals surface area contributed by atoms with Gasteiger partial charge in [-0.25, -0.2) is 0 Å². The predicted octanol–water partition coefficient (Wildman–Crippen LogP) is 6.97. The summed E-state index contributed by atoms with van der Waals surface area (Å²) in [5.41, 5.74) is 2.48. The molecule has 2 aromatic rings. The molecule has 1 unspecified atom stereocenters. The molecule has 2 aliphatic heterocycles. The van der Waals surface area contributed by atoms with Crippen molar-refractivity contribution in [2.75, 3.05) is 11.9 Å². The fourth-order valence-electron chi connectivity index (χ4n) is 5.35. The standard InChI is InChI=1S/C24H28ClNO2/c25-17-8-10-18(11-9-17)28-19-12-13-22-21(15-19)24-20(7-4-14-27-24)23(26-22)16-5-2-1-3-6-16/h8-13,15-16,20,23-24,26H,1-7,14H2/t20-,23?,24-/m0/s1. The molecule has 1 saturated heterocycles. The molecular formula is C24H28ClNO2. The van der Waals surface area contributed by atoms with E-state index in [0.717, 1.165) is 24.0 Å². The van der Waals surface area contributed by atoms with E-state index in [1.807, 2.05) is 24.3 Å². The first-order valence-corrected chi connectivity index (χ1v) is 11.1. The topological polar surface area (TPSA) is 30.5 Å². The fraction of sp³-hybridized carbons (Fsp3) is 0.500. The van der Waals surface area contributed by atoms with Gasteiger partial charge in [0.1, 0.15) is 11.5 Å². The Balaban J connectivity index is 1.42. The van der Waals surface area contributed by atoms with Crippen LogP contribution in [0.3, 0.4) is 0 Å². The zero-order chi connectivity index (χ0) is 18.9. The number of hydrogen-bond acceptors (Lipinski definition) is 3. The van der Waals surface area contributed by atoms with Crippen LogP contribution in [0.1, 0.15) is 56.6 Å². The van der Waals surface area contributed by atoms with Crippen molar-refractivity contribution in [3.63, 3.8) is 0 Å². The van der Waals surface area contributed by atoms with E-state index in [2.05, 4.69) is 23.5 Å². The lowest BCUT2D eigenvalue weighted by molar-refractivity contribution is -0.0458. The van der Waals surface area contributed by atoms with Gasteiger partial charge in [-0.2, -0.15) is 0 Å². The van der Waals surface area contributed by atoms with E-state index in [1.165, 1.54) is 56.2 Å². The minimum absolute atomic E-state index is 0.186. The second kappa shape index (κ2) is 7.96. The summed E-state index contributed by atoms with van der Waals surface area (Å²) in [4.78, 5) is 0. The molecule has 1 saturated carbocycles. The summed E-state index contributed by atoms with van der Waals surface area (Å²) in [6.45, 7) is 0.861. The van der Waals surface area contributed by atoms with Crippen LogP contribution in [0.2, 0.25) is 5.02 Å². The largest absolute Gasteiger partial charge is 0.457 e. The summed E-state index contributed by atoms with van der Waals surface area (Å²) >= 11 is 5.98. The van der Waals surface area contributed by atoms with E-state index in [1.54, 1.807) is 0 Å². The molecule has 0 amide bonds. The molecule has 5 rings (SSSR count). The van der Waals surface area contributed by atoms with Crippen LogP contribution in [-0.2, 0) is 4.74 Å². The third-order valence-corrected chi connectivity index (χ3v) is 6.94. The molecule has 28 heavy (non-hydrogen) atoms. The monoisotopic (exact) mass is 397 g/mol. The normalized spacial score (nSPS) is 27.4. The van der Waals surface area contributed by atoms with Crippen molar-refractivity contribution in [1.29, 1.82) is 0 Å². The maximum Gasteiger partial charge on any atom is 0.127 e. The summed E-state index contributed by atoms with van der Waals surface area (Å²) < 4.78 is 12.4. The molecule has 0 radical (unpaired) electrons. The molecule has 3 aliphatic rings. The number of hydrogen-bond donors (Lipinski definition) is 1. The van der Waals surface area contributed by atoms with Gasteiger partial charge in [0.25, 0.3) is 0 Å². The smallest absolute Gasteiger partial charge is 0.127 e. The number of anilines is 1. The Morgan fingerprint density at radius 2 is 1.68 bits per heavy atom. The molecule has 0 bridgehead atoms. The Morgan fingerprint density at radius 3 is 2.50 bits per heavy atom. The number of fused-ring (bicyclic) bond motifs is 3. The Bertz CT molecular complexity index is 816. The van der Waals surface area contributed by atoms with E-state index in [4.69, 9.17) is 21.1 Å². The Hall–Kier alpha value is -1.71. The molecular weight excluding hydrogens is 370 g/mol. The lowest BCUT2D eigenvalue weighted by Crippen LogP contribution is -2.46. The van der Waals surface area contributed by atoms with Gasteiger partial charge in [0, 0.05) is 34.8 Å². The third-order valence-electron chi connectivity index (χ3n) is 6.69. The second-order valence-electron chi connectivity index (χ2n) is 8.47. The highest BCUT2D eigenvalue weighted by molar-refractivity contribution is 6.30. The molecule has 3 atom stereocenters. The maximum absolute atomic E-state index is 6.34. The predicted molar refractivity (Wildman–Crippen MR) is 113 cm³/mol. The fourth-order valence-corrected chi connectivity index (χ4v) is 5.48. The van der Waals surface area contributed by atoms with Crippen molar-refractivity contribution in [3.8, 4) is 11.5 Å². The van der Waals surface area contributed by atoms with Crippen LogP contribution in [0.4, 0.5) is 5.69 Å². The van der Waals surface area contributed by atoms with E-state index >= 15 is 0 Å². The highest BCUT2D eigenvalue weighted by Crippen LogP contribution is 2.48. The first-order chi connectivity index (χ1) is 13.8. The summed E-state index contributed by atoms with van der Waals surface area (Å²) in [6, 6.07) is 14.4. The van der Waals surface area contributed by atoms with Crippen molar-refractivity contribution in [2.24, 2.45) is 11.8 Å². The third kappa shape index (κ3) is 3.62. The van der Waals surface area contributed by atoms with E-state index in [0.29, 0.717) is 17.0 Å². The summed E-state index contributed by atoms with van der Waals surface area (Å²) in [7, 11) is 0. The van der Waals surface area contributed by atoms with Gasteiger partial charge >= 0.3 is 0 Å². The van der Waals surface area contributed by atoms with Gasteiger partial charge in [-0.1, -0.05) is 30.9 Å². The molecule has 1 aliphatic carbocycles. The molecule has 148 valence electrons. The summed E-state index contributed by atoms with van der Waals surface area (Å²) in [5, 5.41) is 4.63. The quantitative estimate of drug-likeness (QED) is 0.606. The first kappa shape index (κ1) is 18.3. The number of nitrogens with one attached hydrogen (secondary N) is 1. The zero-order valence-electron chi connectivity index (χ0n) is 16.2. The van der Waals surface area contributed by atoms with Crippen LogP contribution in [0.5, 0.6) is 11.5 Å². The highest BCUT2D eigenvalue weighted by atomic mass is 35.5. The lowest BCUT2D eigenvalue weighted by Gasteiger charge is -2.47. The summed E-state index contributed by atoms with van der Waals surface area (Å²) in [5.74, 6) is 3.00. The van der Waals surface area contributed by atoms with Gasteiger partial charge in [-0.05, 0) is 74.1 Å². The minimum atomic E-state index is 0.186. The first-order valence-electron chi connectivity index (χ1n) is 10.7. The second-order valence-corrected chi connectivity index (χ2v) is 8.91. The molecule has 0 spiro atoms. The Labute approximate surface area is 172 Å². The Kier molecular flexibility index (Phi) is 5.21. The van der Waals surface area contributed by atoms with Crippen molar-refractivity contribution in [3.05, 3.63) is 53.1 Å². The van der Waals surface area contributed by atoms with Crippen molar-refractivity contribution >= 4 is 17.3 Å². The molecule has 2 aromatic carbocycles. The molecule has 2 heterocycles. The average Bonchev–Trinajstić information content (AvgIpc) is 2.75. The number of ether oxygens (including phenoxy) is 2. The Morgan fingerprint density at radius 1 is 0.893 bits per heavy atom. The van der Waals surface area contributed by atoms with Crippen LogP contribution in [0.25, 0.3) is 0 Å². The number of benzene rings is 2. The molecule has 4 heteroatoms. The van der Waals surface area contributed by atoms with Gasteiger partial charge in [0.2, 0.25) is 0 Å². The van der Waals surface area contributed by atoms with Gasteiger partial charge in [-0.3, -0.25) is 0 Å². The van der Waals surface area contributed by atoms with Gasteiger partial charge in [-0.15, -0.1) is 0 Å². The van der Waals surface area contributed by atoms with Crippen LogP contribution in [-0.4, -0.2) is 12.6 Å². The molecule has 0 aromatic heterocycles. The highest BCUT2D eigenvalue weighted by Gasteiger charge is 2.42. The maximum atomic E-state index is 6.34. The number of halogens is 1. The van der Waals surface area contributed by atoms with Crippen LogP contribution in [0, 0.1) is 11.8 Å². The molecule has 1 N–H and O–H groups in total. The molecule has 3 nitrogen and oxygen atoms in total. The van der Waals surface area contributed by atoms with Gasteiger partial charge < -0.3 is 14.8 Å². The van der Waals surface area contributed by atoms with E-state index in [-0.39, 0.29) is 6.10 Å². The van der Waals surface area contributed by atoms with E-state index in [9.17, 15) is 0 Å². The molecule has 2 fully saturated rings. The lowest BCUT2D eigenvalue weighted by atomic mass is 9.71. The van der Waals surface area contributed by atoms with Crippen LogP contribution in [0.15, 0.2) is 42.5 Å². The minimum Gasteiger partial charge on any atom is -0.457 e. The van der Waals surface area contributed by atoms with Crippen LogP contribution >= 0.6 is 11.6 Å². The van der Waals surface area contributed by atoms with Crippen molar-refractivity contribution < 1.29 is 9.47 Å². The average molecular weight is 398 g/mol. The van der Waals surface area contributed by atoms with Gasteiger partial charge in [0.15, 0.2) is 0 Å². The van der Waals surface area contributed by atoms with Crippen molar-refractivity contribution in [2.45, 2.75) is 57.1 Å². The zero-order valence-corrected chi connectivity index (χ0v) is 17.0. The number of rotatable bonds is 3. The van der Waals surface area contributed by atoms with E-state index < -0.39 is 0 Å². The van der Waals surface area contributed by atoms with Crippen LogP contribution < -0.4 is 10.1 Å².